The largest absolute Gasteiger partial charge is 0.312 e. The number of hydrogen-bond donors (Lipinski definition) is 2. The summed E-state index contributed by atoms with van der Waals surface area (Å²) in [5, 5.41) is 4.86. The lowest BCUT2D eigenvalue weighted by atomic mass is 10.3. The molecule has 0 aliphatic rings. The van der Waals surface area contributed by atoms with Crippen LogP contribution >= 0.6 is 33.9 Å². The second-order valence-electron chi connectivity index (χ2n) is 4.22. The van der Waals surface area contributed by atoms with Crippen LogP contribution in [0, 0.1) is 9.39 Å². The quantitative estimate of drug-likeness (QED) is 0.678. The van der Waals surface area contributed by atoms with Crippen LogP contribution in [0.25, 0.3) is 0 Å². The highest BCUT2D eigenvalue weighted by Crippen LogP contribution is 2.26. The van der Waals surface area contributed by atoms with Gasteiger partial charge in [-0.2, -0.15) is 0 Å². The molecule has 1 aromatic heterocycles. The van der Waals surface area contributed by atoms with Crippen LogP contribution in [0.5, 0.6) is 0 Å². The maximum absolute atomic E-state index is 13.1. The fraction of sp³-hybridized carbons (Fsp3) is 0.231. The van der Waals surface area contributed by atoms with Gasteiger partial charge in [0.05, 0.1) is 5.69 Å². The lowest BCUT2D eigenvalue weighted by Gasteiger charge is -2.10. The molecule has 21 heavy (non-hydrogen) atoms. The van der Waals surface area contributed by atoms with Gasteiger partial charge in [-0.05, 0) is 58.8 Å². The van der Waals surface area contributed by atoms with Gasteiger partial charge >= 0.3 is 0 Å². The van der Waals surface area contributed by atoms with E-state index in [-0.39, 0.29) is 4.90 Å². The van der Waals surface area contributed by atoms with Crippen LogP contribution in [0.2, 0.25) is 0 Å². The number of anilines is 1. The van der Waals surface area contributed by atoms with Crippen molar-refractivity contribution in [3.8, 4) is 0 Å². The third kappa shape index (κ3) is 4.15. The Morgan fingerprint density at radius 3 is 2.76 bits per heavy atom. The molecule has 0 aliphatic carbocycles. The Morgan fingerprint density at radius 2 is 2.10 bits per heavy atom. The average molecular weight is 440 g/mol. The van der Waals surface area contributed by atoms with E-state index in [2.05, 4.69) is 10.0 Å². The molecule has 0 saturated carbocycles. The molecule has 1 aromatic carbocycles. The molecule has 0 amide bonds. The molecule has 2 N–H and O–H groups in total. The van der Waals surface area contributed by atoms with Gasteiger partial charge in [-0.3, -0.25) is 4.72 Å². The Hall–Kier alpha value is -0.710. The molecule has 2 aromatic rings. The number of sulfonamides is 1. The first-order valence-corrected chi connectivity index (χ1v) is 9.63. The third-order valence-corrected chi connectivity index (χ3v) is 6.10. The molecular weight excluding hydrogens is 426 g/mol. The van der Waals surface area contributed by atoms with Crippen molar-refractivity contribution in [1.29, 1.82) is 0 Å². The van der Waals surface area contributed by atoms with E-state index >= 15 is 0 Å². The number of hydrogen-bond acceptors (Lipinski definition) is 4. The second kappa shape index (κ2) is 7.03. The summed E-state index contributed by atoms with van der Waals surface area (Å²) in [6, 6.07) is 5.51. The monoisotopic (exact) mass is 440 g/mol. The van der Waals surface area contributed by atoms with Crippen molar-refractivity contribution < 1.29 is 12.8 Å². The Labute approximate surface area is 141 Å². The Morgan fingerprint density at radius 1 is 1.33 bits per heavy atom. The average Bonchev–Trinajstić information content (AvgIpc) is 2.89. The third-order valence-electron chi connectivity index (χ3n) is 2.71. The zero-order valence-electron chi connectivity index (χ0n) is 11.2. The zero-order valence-corrected chi connectivity index (χ0v) is 15.0. The van der Waals surface area contributed by atoms with E-state index in [1.54, 1.807) is 11.4 Å². The van der Waals surface area contributed by atoms with Crippen LogP contribution in [0.15, 0.2) is 34.5 Å². The zero-order chi connectivity index (χ0) is 15.5. The van der Waals surface area contributed by atoms with Crippen LogP contribution in [-0.2, 0) is 16.6 Å². The van der Waals surface area contributed by atoms with Crippen molar-refractivity contribution in [3.05, 3.63) is 43.9 Å². The fourth-order valence-electron chi connectivity index (χ4n) is 1.71. The van der Waals surface area contributed by atoms with E-state index in [4.69, 9.17) is 0 Å². The van der Waals surface area contributed by atoms with Gasteiger partial charge in [0.1, 0.15) is 10.7 Å². The summed E-state index contributed by atoms with van der Waals surface area (Å²) >= 11 is 3.29. The van der Waals surface area contributed by atoms with Crippen molar-refractivity contribution in [1.82, 2.24) is 5.32 Å². The van der Waals surface area contributed by atoms with Crippen LogP contribution in [0.1, 0.15) is 11.8 Å². The van der Waals surface area contributed by atoms with Gasteiger partial charge in [0.25, 0.3) is 10.0 Å². The number of halogens is 2. The van der Waals surface area contributed by atoms with Gasteiger partial charge < -0.3 is 5.32 Å². The topological polar surface area (TPSA) is 58.2 Å². The standard InChI is InChI=1S/C13H14FIN2O2S2/c1-2-16-8-12-13(5-6-20-12)21(18,19)17-11-4-3-9(14)7-10(11)15/h3-7,16-17H,2,8H2,1H3. The highest BCUT2D eigenvalue weighted by Gasteiger charge is 2.20. The van der Waals surface area contributed by atoms with E-state index in [1.165, 1.54) is 29.5 Å². The van der Waals surface area contributed by atoms with Crippen molar-refractivity contribution in [2.75, 3.05) is 11.3 Å². The van der Waals surface area contributed by atoms with E-state index in [9.17, 15) is 12.8 Å². The number of nitrogens with one attached hydrogen (secondary N) is 2. The number of thiophene rings is 1. The lowest BCUT2D eigenvalue weighted by Crippen LogP contribution is -2.17. The maximum atomic E-state index is 13.1. The molecule has 0 fully saturated rings. The highest BCUT2D eigenvalue weighted by molar-refractivity contribution is 14.1. The van der Waals surface area contributed by atoms with Crippen molar-refractivity contribution >= 4 is 49.6 Å². The van der Waals surface area contributed by atoms with E-state index < -0.39 is 15.8 Å². The summed E-state index contributed by atoms with van der Waals surface area (Å²) in [7, 11) is -3.67. The normalized spacial score (nSPS) is 11.6. The first kappa shape index (κ1) is 16.7. The fourth-order valence-corrected chi connectivity index (χ4v) is 5.00. The van der Waals surface area contributed by atoms with Gasteiger partial charge in [0.2, 0.25) is 0 Å². The second-order valence-corrected chi connectivity index (χ2v) is 8.03. The van der Waals surface area contributed by atoms with Crippen LogP contribution < -0.4 is 10.0 Å². The van der Waals surface area contributed by atoms with Gasteiger partial charge in [-0.1, -0.05) is 6.92 Å². The van der Waals surface area contributed by atoms with Crippen molar-refractivity contribution in [3.63, 3.8) is 0 Å². The van der Waals surface area contributed by atoms with Crippen LogP contribution in [-0.4, -0.2) is 15.0 Å². The minimum atomic E-state index is -3.67. The Kier molecular flexibility index (Phi) is 5.58. The molecule has 2 rings (SSSR count). The lowest BCUT2D eigenvalue weighted by molar-refractivity contribution is 0.599. The highest BCUT2D eigenvalue weighted by atomic mass is 127. The molecular formula is C13H14FIN2O2S2. The van der Waals surface area contributed by atoms with Crippen molar-refractivity contribution in [2.24, 2.45) is 0 Å². The maximum Gasteiger partial charge on any atom is 0.263 e. The number of benzene rings is 1. The molecule has 0 spiro atoms. The van der Waals surface area contributed by atoms with Gasteiger partial charge in [-0.25, -0.2) is 12.8 Å². The Bertz CT molecular complexity index is 732. The molecule has 4 nitrogen and oxygen atoms in total. The van der Waals surface area contributed by atoms with Gasteiger partial charge in [-0.15, -0.1) is 11.3 Å². The SMILES string of the molecule is CCNCc1sccc1S(=O)(=O)Nc1ccc(F)cc1I. The van der Waals surface area contributed by atoms with Crippen molar-refractivity contribution in [2.45, 2.75) is 18.4 Å². The summed E-state index contributed by atoms with van der Waals surface area (Å²) in [4.78, 5) is 1.01. The molecule has 1 heterocycles. The van der Waals surface area contributed by atoms with Gasteiger partial charge in [0.15, 0.2) is 0 Å². The van der Waals surface area contributed by atoms with E-state index in [0.29, 0.717) is 15.8 Å². The predicted molar refractivity (Wildman–Crippen MR) is 91.6 cm³/mol. The first-order chi connectivity index (χ1) is 9.94. The van der Waals surface area contributed by atoms with Gasteiger partial charge in [0, 0.05) is 15.0 Å². The molecule has 0 aliphatic heterocycles. The summed E-state index contributed by atoms with van der Waals surface area (Å²) in [6.45, 7) is 3.23. The Balaban J connectivity index is 2.28. The summed E-state index contributed by atoms with van der Waals surface area (Å²) in [5.41, 5.74) is 0.373. The molecule has 0 bridgehead atoms. The summed E-state index contributed by atoms with van der Waals surface area (Å²) < 4.78 is 41.0. The first-order valence-electron chi connectivity index (χ1n) is 6.19. The summed E-state index contributed by atoms with van der Waals surface area (Å²) in [5.74, 6) is -0.397. The minimum Gasteiger partial charge on any atom is -0.312 e. The molecule has 114 valence electrons. The number of rotatable bonds is 6. The molecule has 0 radical (unpaired) electrons. The van der Waals surface area contributed by atoms with E-state index in [1.807, 2.05) is 29.5 Å². The summed E-state index contributed by atoms with van der Waals surface area (Å²) in [6.07, 6.45) is 0. The molecule has 0 atom stereocenters. The molecule has 0 saturated heterocycles. The molecule has 8 heteroatoms. The smallest absolute Gasteiger partial charge is 0.263 e. The molecule has 0 unspecified atom stereocenters. The van der Waals surface area contributed by atoms with Crippen LogP contribution in [0.4, 0.5) is 10.1 Å². The minimum absolute atomic E-state index is 0.258. The van der Waals surface area contributed by atoms with Crippen LogP contribution in [0.3, 0.4) is 0 Å². The predicted octanol–water partition coefficient (Wildman–Crippen LogP) is 3.40. The van der Waals surface area contributed by atoms with E-state index in [0.717, 1.165) is 11.4 Å².